The van der Waals surface area contributed by atoms with Gasteiger partial charge in [0.1, 0.15) is 5.82 Å². The monoisotopic (exact) mass is 329 g/mol. The zero-order valence-electron chi connectivity index (χ0n) is 12.9. The van der Waals surface area contributed by atoms with Crippen molar-refractivity contribution in [3.05, 3.63) is 47.0 Å². The summed E-state index contributed by atoms with van der Waals surface area (Å²) in [4.78, 5) is 25.4. The van der Waals surface area contributed by atoms with E-state index < -0.39 is 5.91 Å². The van der Waals surface area contributed by atoms with E-state index in [4.69, 9.17) is 5.73 Å². The van der Waals surface area contributed by atoms with Crippen LogP contribution in [0.15, 0.2) is 24.4 Å². The van der Waals surface area contributed by atoms with E-state index in [9.17, 15) is 14.0 Å². The zero-order chi connectivity index (χ0) is 16.8. The van der Waals surface area contributed by atoms with Gasteiger partial charge in [-0.3, -0.25) is 9.59 Å². The Morgan fingerprint density at radius 2 is 2.00 bits per heavy atom. The van der Waals surface area contributed by atoms with Crippen LogP contribution in [-0.4, -0.2) is 44.8 Å². The van der Waals surface area contributed by atoms with Crippen LogP contribution in [0.4, 0.5) is 4.39 Å². The Hall–Kier alpha value is -2.77. The number of benzene rings is 1. The average Bonchev–Trinajstić information content (AvgIpc) is 3.22. The van der Waals surface area contributed by atoms with Gasteiger partial charge in [-0.05, 0) is 30.9 Å². The minimum atomic E-state index is -0.637. The first-order valence-electron chi connectivity index (χ1n) is 7.84. The Morgan fingerprint density at radius 3 is 2.62 bits per heavy atom. The summed E-state index contributed by atoms with van der Waals surface area (Å²) in [6, 6.07) is 4.62. The second kappa shape index (κ2) is 5.40. The minimum Gasteiger partial charge on any atom is -0.364 e. The molecule has 2 amide bonds. The molecule has 4 rings (SSSR count). The summed E-state index contributed by atoms with van der Waals surface area (Å²) in [5.41, 5.74) is 6.24. The van der Waals surface area contributed by atoms with Crippen LogP contribution in [0.3, 0.4) is 0 Å². The highest BCUT2D eigenvalue weighted by Crippen LogP contribution is 2.43. The van der Waals surface area contributed by atoms with Gasteiger partial charge in [0.05, 0.1) is 12.2 Å². The Kier molecular flexibility index (Phi) is 3.33. The molecule has 1 saturated heterocycles. The fourth-order valence-electron chi connectivity index (χ4n) is 3.04. The molecule has 0 spiro atoms. The number of primary amides is 1. The topological polar surface area (TPSA) is 94.1 Å². The largest absolute Gasteiger partial charge is 0.364 e. The highest BCUT2D eigenvalue weighted by Gasteiger charge is 2.37. The molecule has 2 aromatic rings. The lowest BCUT2D eigenvalue weighted by atomic mass is 9.99. The highest BCUT2D eigenvalue weighted by atomic mass is 19.1. The number of carbonyl (C=O) groups is 2. The number of likely N-dealkylation sites (tertiary alicyclic amines) is 1. The van der Waals surface area contributed by atoms with Crippen LogP contribution in [0, 0.1) is 5.82 Å². The van der Waals surface area contributed by atoms with Gasteiger partial charge in [-0.2, -0.15) is 0 Å². The number of aromatic nitrogens is 3. The lowest BCUT2D eigenvalue weighted by Crippen LogP contribution is -2.51. The van der Waals surface area contributed by atoms with Crippen molar-refractivity contribution in [2.75, 3.05) is 13.1 Å². The summed E-state index contributed by atoms with van der Waals surface area (Å²) >= 11 is 0. The van der Waals surface area contributed by atoms with E-state index in [1.54, 1.807) is 17.0 Å². The fourth-order valence-corrected chi connectivity index (χ4v) is 3.04. The zero-order valence-corrected chi connectivity index (χ0v) is 12.9. The maximum atomic E-state index is 14.1. The van der Waals surface area contributed by atoms with Gasteiger partial charge in [-0.15, -0.1) is 5.10 Å². The Labute approximate surface area is 137 Å². The molecule has 1 aromatic heterocycles. The van der Waals surface area contributed by atoms with Crippen molar-refractivity contribution in [3.8, 4) is 0 Å². The van der Waals surface area contributed by atoms with Crippen molar-refractivity contribution in [1.29, 1.82) is 0 Å². The van der Waals surface area contributed by atoms with Gasteiger partial charge >= 0.3 is 0 Å². The summed E-state index contributed by atoms with van der Waals surface area (Å²) < 4.78 is 15.6. The van der Waals surface area contributed by atoms with Crippen molar-refractivity contribution in [2.24, 2.45) is 5.73 Å². The van der Waals surface area contributed by atoms with Gasteiger partial charge in [0, 0.05) is 24.2 Å². The van der Waals surface area contributed by atoms with Gasteiger partial charge < -0.3 is 10.6 Å². The Balaban J connectivity index is 1.48. The van der Waals surface area contributed by atoms with Crippen LogP contribution in [0.25, 0.3) is 0 Å². The normalized spacial score (nSPS) is 17.6. The number of amides is 2. The molecule has 2 heterocycles. The van der Waals surface area contributed by atoms with E-state index in [0.717, 1.165) is 12.8 Å². The molecule has 24 heavy (non-hydrogen) atoms. The summed E-state index contributed by atoms with van der Waals surface area (Å²) in [6.07, 6.45) is 3.34. The lowest BCUT2D eigenvalue weighted by Gasteiger charge is -2.39. The standard InChI is InChI=1S/C16H16FN5O2/c17-12-3-1-2-11(14(12)9-4-5-9)16(24)21-6-10(7-21)22-8-13(15(18)23)19-20-22/h1-3,8-10H,4-7H2,(H2,18,23). The molecule has 0 bridgehead atoms. The SMILES string of the molecule is NC(=O)c1cn(C2CN(C(=O)c3cccc(F)c3C3CC3)C2)nn1. The molecular weight excluding hydrogens is 313 g/mol. The van der Waals surface area contributed by atoms with E-state index >= 15 is 0 Å². The van der Waals surface area contributed by atoms with Gasteiger partial charge in [0.25, 0.3) is 11.8 Å². The lowest BCUT2D eigenvalue weighted by molar-refractivity contribution is 0.0496. The molecular formula is C16H16FN5O2. The summed E-state index contributed by atoms with van der Waals surface area (Å²) in [6.45, 7) is 0.891. The molecule has 1 aliphatic heterocycles. The highest BCUT2D eigenvalue weighted by molar-refractivity contribution is 5.96. The number of rotatable bonds is 4. The third-order valence-corrected chi connectivity index (χ3v) is 4.56. The molecule has 1 aromatic carbocycles. The van der Waals surface area contributed by atoms with Crippen molar-refractivity contribution in [2.45, 2.75) is 24.8 Å². The fraction of sp³-hybridized carbons (Fsp3) is 0.375. The molecule has 1 saturated carbocycles. The molecule has 0 atom stereocenters. The summed E-state index contributed by atoms with van der Waals surface area (Å²) in [5, 5.41) is 7.55. The van der Waals surface area contributed by atoms with E-state index in [2.05, 4.69) is 10.3 Å². The molecule has 7 nitrogen and oxygen atoms in total. The quantitative estimate of drug-likeness (QED) is 0.908. The first-order chi connectivity index (χ1) is 11.5. The Morgan fingerprint density at radius 1 is 1.25 bits per heavy atom. The molecule has 2 N–H and O–H groups in total. The van der Waals surface area contributed by atoms with Crippen LogP contribution in [0.1, 0.15) is 51.2 Å². The van der Waals surface area contributed by atoms with Crippen LogP contribution < -0.4 is 5.73 Å². The molecule has 2 fully saturated rings. The first kappa shape index (κ1) is 14.8. The van der Waals surface area contributed by atoms with Gasteiger partial charge in [-0.1, -0.05) is 11.3 Å². The maximum Gasteiger partial charge on any atom is 0.270 e. The summed E-state index contributed by atoms with van der Waals surface area (Å²) in [7, 11) is 0. The van der Waals surface area contributed by atoms with Crippen LogP contribution >= 0.6 is 0 Å². The molecule has 2 aliphatic rings. The predicted molar refractivity (Wildman–Crippen MR) is 81.9 cm³/mol. The second-order valence-corrected chi connectivity index (χ2v) is 6.29. The molecule has 8 heteroatoms. The number of halogens is 1. The third-order valence-electron chi connectivity index (χ3n) is 4.56. The molecule has 1 aliphatic carbocycles. The number of nitrogens with two attached hydrogens (primary N) is 1. The van der Waals surface area contributed by atoms with Crippen LogP contribution in [-0.2, 0) is 0 Å². The van der Waals surface area contributed by atoms with Crippen molar-refractivity contribution in [1.82, 2.24) is 19.9 Å². The van der Waals surface area contributed by atoms with Gasteiger partial charge in [-0.25, -0.2) is 9.07 Å². The van der Waals surface area contributed by atoms with E-state index in [-0.39, 0.29) is 29.4 Å². The smallest absolute Gasteiger partial charge is 0.270 e. The van der Waals surface area contributed by atoms with E-state index in [1.165, 1.54) is 16.9 Å². The van der Waals surface area contributed by atoms with E-state index in [0.29, 0.717) is 24.2 Å². The number of nitrogens with zero attached hydrogens (tertiary/aromatic N) is 4. The molecule has 0 radical (unpaired) electrons. The van der Waals surface area contributed by atoms with Crippen molar-refractivity contribution >= 4 is 11.8 Å². The van der Waals surface area contributed by atoms with Crippen molar-refractivity contribution in [3.63, 3.8) is 0 Å². The molecule has 0 unspecified atom stereocenters. The van der Waals surface area contributed by atoms with Crippen molar-refractivity contribution < 1.29 is 14.0 Å². The van der Waals surface area contributed by atoms with E-state index in [1.807, 2.05) is 0 Å². The van der Waals surface area contributed by atoms with Crippen LogP contribution in [0.2, 0.25) is 0 Å². The molecule has 124 valence electrons. The number of hydrogen-bond acceptors (Lipinski definition) is 4. The van der Waals surface area contributed by atoms with Gasteiger partial charge in [0.2, 0.25) is 0 Å². The number of carbonyl (C=O) groups excluding carboxylic acids is 2. The maximum absolute atomic E-state index is 14.1. The van der Waals surface area contributed by atoms with Gasteiger partial charge in [0.15, 0.2) is 5.69 Å². The minimum absolute atomic E-state index is 0.0486. The predicted octanol–water partition coefficient (Wildman–Crippen LogP) is 1.09. The Bertz CT molecular complexity index is 824. The third kappa shape index (κ3) is 2.44. The number of hydrogen-bond donors (Lipinski definition) is 1. The second-order valence-electron chi connectivity index (χ2n) is 6.29. The first-order valence-corrected chi connectivity index (χ1v) is 7.84. The average molecular weight is 329 g/mol. The van der Waals surface area contributed by atoms with Crippen LogP contribution in [0.5, 0.6) is 0 Å². The summed E-state index contributed by atoms with van der Waals surface area (Å²) in [5.74, 6) is -0.941.